The van der Waals surface area contributed by atoms with Gasteiger partial charge in [-0.15, -0.1) is 11.3 Å². The minimum Gasteiger partial charge on any atom is -0.378 e. The van der Waals surface area contributed by atoms with E-state index in [2.05, 4.69) is 15.1 Å². The highest BCUT2D eigenvalue weighted by Crippen LogP contribution is 2.38. The summed E-state index contributed by atoms with van der Waals surface area (Å²) >= 11 is 1.62. The second-order valence-electron chi connectivity index (χ2n) is 7.36. The summed E-state index contributed by atoms with van der Waals surface area (Å²) in [7, 11) is 1.62. The highest BCUT2D eigenvalue weighted by molar-refractivity contribution is 7.13. The molecule has 2 atom stereocenters. The molecule has 0 aromatic carbocycles. The van der Waals surface area contributed by atoms with Crippen LogP contribution in [-0.4, -0.2) is 50.3 Å². The van der Waals surface area contributed by atoms with Crippen LogP contribution < -0.4 is 0 Å². The molecule has 28 heavy (non-hydrogen) atoms. The molecule has 4 heterocycles. The first-order chi connectivity index (χ1) is 13.7. The van der Waals surface area contributed by atoms with Crippen LogP contribution in [0.4, 0.5) is 0 Å². The van der Waals surface area contributed by atoms with Gasteiger partial charge in [0, 0.05) is 25.9 Å². The smallest absolute Gasteiger partial charge is 0.257 e. The molecular weight excluding hydrogens is 374 g/mol. The van der Waals surface area contributed by atoms with Crippen LogP contribution in [0.25, 0.3) is 16.5 Å². The lowest BCUT2D eigenvalue weighted by atomic mass is 10.1. The molecule has 5 rings (SSSR count). The van der Waals surface area contributed by atoms with Gasteiger partial charge in [0.2, 0.25) is 0 Å². The van der Waals surface area contributed by atoms with Gasteiger partial charge in [0.25, 0.3) is 11.9 Å². The lowest BCUT2D eigenvalue weighted by Crippen LogP contribution is -2.38. The number of likely N-dealkylation sites (tertiary alicyclic amines) is 1. The molecule has 144 valence electrons. The number of ether oxygens (including phenoxy) is 1. The van der Waals surface area contributed by atoms with Crippen molar-refractivity contribution in [3.8, 4) is 16.5 Å². The first-order valence-electron chi connectivity index (χ1n) is 9.48. The van der Waals surface area contributed by atoms with Crippen LogP contribution >= 0.6 is 11.3 Å². The Morgan fingerprint density at radius 3 is 3.00 bits per heavy atom. The number of hydrogen-bond donors (Lipinski definition) is 0. The zero-order chi connectivity index (χ0) is 19.1. The monoisotopic (exact) mass is 395 g/mol. The van der Waals surface area contributed by atoms with E-state index in [0.29, 0.717) is 29.2 Å². The summed E-state index contributed by atoms with van der Waals surface area (Å²) in [5.41, 5.74) is 2.11. The van der Waals surface area contributed by atoms with Gasteiger partial charge in [0.15, 0.2) is 0 Å². The summed E-state index contributed by atoms with van der Waals surface area (Å²) in [5.74, 6) is 1.14. The van der Waals surface area contributed by atoms with E-state index in [0.717, 1.165) is 30.0 Å². The second kappa shape index (κ2) is 7.10. The molecule has 0 spiro atoms. The van der Waals surface area contributed by atoms with Gasteiger partial charge in [-0.3, -0.25) is 4.79 Å². The number of carbonyl (C=O) groups is 1. The molecule has 1 amide bonds. The van der Waals surface area contributed by atoms with E-state index in [9.17, 15) is 4.79 Å². The summed E-state index contributed by atoms with van der Waals surface area (Å²) in [6.45, 7) is 1.13. The topological polar surface area (TPSA) is 73.1 Å². The second-order valence-corrected chi connectivity index (χ2v) is 8.31. The molecule has 0 N–H and O–H groups in total. The van der Waals surface area contributed by atoms with Crippen molar-refractivity contribution in [2.24, 2.45) is 5.92 Å². The fourth-order valence-electron chi connectivity index (χ4n) is 4.34. The first kappa shape index (κ1) is 17.5. The van der Waals surface area contributed by atoms with Gasteiger partial charge in [-0.05, 0) is 42.7 Å². The maximum Gasteiger partial charge on any atom is 0.257 e. The van der Waals surface area contributed by atoms with Gasteiger partial charge in [-0.25, -0.2) is 9.97 Å². The Labute approximate surface area is 167 Å². The van der Waals surface area contributed by atoms with Crippen molar-refractivity contribution < 1.29 is 9.53 Å². The Morgan fingerprint density at radius 2 is 2.29 bits per heavy atom. The minimum atomic E-state index is 0.0416. The van der Waals surface area contributed by atoms with E-state index < -0.39 is 0 Å². The zero-order valence-electron chi connectivity index (χ0n) is 15.6. The van der Waals surface area contributed by atoms with E-state index in [1.807, 2.05) is 28.5 Å². The third-order valence-electron chi connectivity index (χ3n) is 5.66. The molecule has 3 aromatic heterocycles. The maximum atomic E-state index is 13.2. The molecule has 1 aliphatic carbocycles. The van der Waals surface area contributed by atoms with Gasteiger partial charge in [0.1, 0.15) is 0 Å². The Morgan fingerprint density at radius 1 is 1.36 bits per heavy atom. The van der Waals surface area contributed by atoms with Crippen LogP contribution in [-0.2, 0) is 11.3 Å². The molecule has 1 saturated heterocycles. The number of nitrogens with zero attached hydrogens (tertiary/aromatic N) is 5. The molecule has 2 unspecified atom stereocenters. The molecule has 8 heteroatoms. The average molecular weight is 395 g/mol. The Bertz CT molecular complexity index is 1000. The maximum absolute atomic E-state index is 13.2. The number of aromatic nitrogens is 4. The molecule has 2 aliphatic rings. The van der Waals surface area contributed by atoms with Gasteiger partial charge in [0.05, 0.1) is 34.6 Å². The Hall–Kier alpha value is -2.58. The minimum absolute atomic E-state index is 0.0416. The normalized spacial score (nSPS) is 20.8. The number of rotatable bonds is 5. The molecule has 2 fully saturated rings. The third kappa shape index (κ3) is 2.93. The average Bonchev–Trinajstić information content (AvgIpc) is 3.52. The van der Waals surface area contributed by atoms with Crippen molar-refractivity contribution in [3.63, 3.8) is 0 Å². The van der Waals surface area contributed by atoms with Crippen LogP contribution in [0.1, 0.15) is 35.3 Å². The molecule has 2 bridgehead atoms. The molecule has 1 aliphatic heterocycles. The van der Waals surface area contributed by atoms with E-state index in [1.165, 1.54) is 6.42 Å². The molecule has 1 saturated carbocycles. The van der Waals surface area contributed by atoms with E-state index in [1.54, 1.807) is 35.5 Å². The standard InChI is InChI=1S/C20H21N5O2S/c1-27-12-17-15(19(26)24-11-13-4-5-14(24)9-13)10-22-25(17)20-21-7-6-16(23-20)18-3-2-8-28-18/h2-3,6-8,10,13-14H,4-5,9,11-12H2,1H3. The van der Waals surface area contributed by atoms with Crippen molar-refractivity contribution in [3.05, 3.63) is 47.2 Å². The number of fused-ring (bicyclic) bond motifs is 2. The highest BCUT2D eigenvalue weighted by Gasteiger charge is 2.41. The molecule has 3 aromatic rings. The van der Waals surface area contributed by atoms with Crippen LogP contribution in [0.2, 0.25) is 0 Å². The number of methoxy groups -OCH3 is 1. The number of piperidine rings is 1. The van der Waals surface area contributed by atoms with Gasteiger partial charge in [-0.2, -0.15) is 9.78 Å². The quantitative estimate of drug-likeness (QED) is 0.663. The number of carbonyl (C=O) groups excluding carboxylic acids is 1. The fraction of sp³-hybridized carbons (Fsp3) is 0.400. The van der Waals surface area contributed by atoms with E-state index in [-0.39, 0.29) is 12.5 Å². The van der Waals surface area contributed by atoms with Gasteiger partial charge in [-0.1, -0.05) is 6.07 Å². The van der Waals surface area contributed by atoms with Crippen molar-refractivity contribution >= 4 is 17.2 Å². The van der Waals surface area contributed by atoms with Gasteiger partial charge >= 0.3 is 0 Å². The predicted octanol–water partition coefficient (Wildman–Crippen LogP) is 3.16. The summed E-state index contributed by atoms with van der Waals surface area (Å²) in [5, 5.41) is 6.47. The summed E-state index contributed by atoms with van der Waals surface area (Å²) in [4.78, 5) is 25.3. The summed E-state index contributed by atoms with van der Waals surface area (Å²) < 4.78 is 7.01. The Balaban J connectivity index is 1.51. The first-order valence-corrected chi connectivity index (χ1v) is 10.4. The van der Waals surface area contributed by atoms with E-state index in [4.69, 9.17) is 4.74 Å². The number of thiophene rings is 1. The molecule has 7 nitrogen and oxygen atoms in total. The fourth-order valence-corrected chi connectivity index (χ4v) is 5.04. The molecular formula is C20H21N5O2S. The van der Waals surface area contributed by atoms with Crippen LogP contribution in [0, 0.1) is 5.92 Å². The lowest BCUT2D eigenvalue weighted by molar-refractivity contribution is 0.0698. The van der Waals surface area contributed by atoms with Crippen molar-refractivity contribution in [2.75, 3.05) is 13.7 Å². The van der Waals surface area contributed by atoms with Crippen molar-refractivity contribution in [1.29, 1.82) is 0 Å². The third-order valence-corrected chi connectivity index (χ3v) is 6.55. The van der Waals surface area contributed by atoms with Crippen LogP contribution in [0.15, 0.2) is 36.0 Å². The van der Waals surface area contributed by atoms with E-state index >= 15 is 0 Å². The number of hydrogen-bond acceptors (Lipinski definition) is 6. The van der Waals surface area contributed by atoms with Gasteiger partial charge < -0.3 is 9.64 Å². The SMILES string of the molecule is COCc1c(C(=O)N2CC3CCC2C3)cnn1-c1nccc(-c2cccs2)n1. The lowest BCUT2D eigenvalue weighted by Gasteiger charge is -2.27. The zero-order valence-corrected chi connectivity index (χ0v) is 16.4. The molecule has 0 radical (unpaired) electrons. The summed E-state index contributed by atoms with van der Waals surface area (Å²) in [6.07, 6.45) is 6.82. The Kier molecular flexibility index (Phi) is 4.44. The highest BCUT2D eigenvalue weighted by atomic mass is 32.1. The summed E-state index contributed by atoms with van der Waals surface area (Å²) in [6, 6.07) is 6.26. The van der Waals surface area contributed by atoms with Crippen LogP contribution in [0.5, 0.6) is 0 Å². The van der Waals surface area contributed by atoms with Crippen molar-refractivity contribution in [2.45, 2.75) is 31.9 Å². The van der Waals surface area contributed by atoms with Crippen LogP contribution in [0.3, 0.4) is 0 Å². The van der Waals surface area contributed by atoms with Crippen molar-refractivity contribution in [1.82, 2.24) is 24.6 Å². The largest absolute Gasteiger partial charge is 0.378 e. The number of amides is 1. The predicted molar refractivity (Wildman–Crippen MR) is 105 cm³/mol.